The van der Waals surface area contributed by atoms with Crippen molar-refractivity contribution >= 4 is 23.5 Å². The van der Waals surface area contributed by atoms with Gasteiger partial charge in [-0.25, -0.2) is 4.98 Å². The number of rotatable bonds is 7. The Morgan fingerprint density at radius 2 is 1.69 bits per heavy atom. The van der Waals surface area contributed by atoms with E-state index >= 15 is 0 Å². The Morgan fingerprint density at radius 3 is 2.10 bits per heavy atom. The van der Waals surface area contributed by atoms with Gasteiger partial charge in [0.2, 0.25) is 5.75 Å². The summed E-state index contributed by atoms with van der Waals surface area (Å²) >= 11 is 0.863. The molecular weight excluding hydrogens is 396 g/mol. The van der Waals surface area contributed by atoms with Crippen LogP contribution in [0.4, 0.5) is 5.82 Å². The fourth-order valence-corrected chi connectivity index (χ4v) is 3.47. The van der Waals surface area contributed by atoms with Crippen molar-refractivity contribution in [3.05, 3.63) is 23.3 Å². The van der Waals surface area contributed by atoms with Crippen LogP contribution in [0.3, 0.4) is 0 Å². The highest BCUT2D eigenvalue weighted by Crippen LogP contribution is 2.44. The fourth-order valence-electron chi connectivity index (χ4n) is 2.62. The number of methoxy groups -OCH3 is 3. The standard InChI is InChI=1S/C19H18N4O5S/c1-9(19(24)25)29-18-12(8-21)15(11(7-20)17(22)23-18)10-5-13(26-2)16(28-4)14(6-10)27-3/h5-6,9H,1-4H3,(H2,22,23)(H,24,25). The van der Waals surface area contributed by atoms with E-state index in [1.54, 1.807) is 12.1 Å². The molecule has 1 atom stereocenters. The van der Waals surface area contributed by atoms with Gasteiger partial charge in [-0.05, 0) is 24.6 Å². The number of nitrogen functional groups attached to an aromatic ring is 1. The van der Waals surface area contributed by atoms with Gasteiger partial charge >= 0.3 is 5.97 Å². The molecule has 0 amide bonds. The number of nitriles is 2. The van der Waals surface area contributed by atoms with Gasteiger partial charge in [-0.3, -0.25) is 4.79 Å². The summed E-state index contributed by atoms with van der Waals surface area (Å²) in [5.74, 6) is -0.212. The first-order valence-electron chi connectivity index (χ1n) is 8.16. The first-order valence-corrected chi connectivity index (χ1v) is 9.04. The van der Waals surface area contributed by atoms with Crippen molar-refractivity contribution in [1.82, 2.24) is 4.98 Å². The molecule has 0 spiro atoms. The number of hydrogen-bond acceptors (Lipinski definition) is 9. The SMILES string of the molecule is COc1cc(-c2c(C#N)c(N)nc(SC(C)C(=O)O)c2C#N)cc(OC)c1OC. The number of carbonyl (C=O) groups is 1. The Kier molecular flexibility index (Phi) is 6.75. The maximum atomic E-state index is 11.2. The molecule has 1 aromatic carbocycles. The monoisotopic (exact) mass is 414 g/mol. The van der Waals surface area contributed by atoms with Crippen LogP contribution in [-0.4, -0.2) is 42.6 Å². The van der Waals surface area contributed by atoms with E-state index in [1.165, 1.54) is 28.3 Å². The maximum absolute atomic E-state index is 11.2. The molecule has 0 fully saturated rings. The number of nitrogens with zero attached hydrogens (tertiary/aromatic N) is 3. The molecule has 0 aliphatic rings. The quantitative estimate of drug-likeness (QED) is 0.647. The lowest BCUT2D eigenvalue weighted by Crippen LogP contribution is -2.13. The molecule has 0 radical (unpaired) electrons. The first kappa shape index (κ1) is 21.7. The van der Waals surface area contributed by atoms with Crippen LogP contribution in [0.5, 0.6) is 17.2 Å². The number of carboxylic acids is 1. The average Bonchev–Trinajstić information content (AvgIpc) is 2.71. The number of hydrogen-bond donors (Lipinski definition) is 2. The van der Waals surface area contributed by atoms with Crippen LogP contribution in [0.2, 0.25) is 0 Å². The van der Waals surface area contributed by atoms with Gasteiger partial charge in [0.15, 0.2) is 11.5 Å². The topological polar surface area (TPSA) is 151 Å². The molecule has 29 heavy (non-hydrogen) atoms. The van der Waals surface area contributed by atoms with Gasteiger partial charge in [-0.2, -0.15) is 10.5 Å². The van der Waals surface area contributed by atoms with Crippen LogP contribution in [0.1, 0.15) is 18.1 Å². The fraction of sp³-hybridized carbons (Fsp3) is 0.263. The minimum atomic E-state index is -1.07. The zero-order chi connectivity index (χ0) is 21.7. The van der Waals surface area contributed by atoms with Crippen LogP contribution in [0.25, 0.3) is 11.1 Å². The predicted molar refractivity (Wildman–Crippen MR) is 106 cm³/mol. The Labute approximate surface area is 171 Å². The number of aliphatic carboxylic acids is 1. The van der Waals surface area contributed by atoms with Gasteiger partial charge in [0.05, 0.1) is 26.9 Å². The van der Waals surface area contributed by atoms with Crippen LogP contribution >= 0.6 is 11.8 Å². The molecule has 0 bridgehead atoms. The number of pyridine rings is 1. The molecule has 0 aliphatic carbocycles. The Bertz CT molecular complexity index is 1020. The molecule has 0 saturated heterocycles. The van der Waals surface area contributed by atoms with Gasteiger partial charge in [0.1, 0.15) is 33.8 Å². The van der Waals surface area contributed by atoms with Crippen molar-refractivity contribution in [2.24, 2.45) is 0 Å². The van der Waals surface area contributed by atoms with E-state index in [1.807, 2.05) is 12.1 Å². The molecule has 1 unspecified atom stereocenters. The van der Waals surface area contributed by atoms with E-state index in [-0.39, 0.29) is 27.5 Å². The second-order valence-electron chi connectivity index (χ2n) is 5.66. The summed E-state index contributed by atoms with van der Waals surface area (Å²) in [7, 11) is 4.33. The van der Waals surface area contributed by atoms with E-state index in [4.69, 9.17) is 19.9 Å². The number of benzene rings is 1. The van der Waals surface area contributed by atoms with E-state index in [0.29, 0.717) is 22.8 Å². The number of thioether (sulfide) groups is 1. The van der Waals surface area contributed by atoms with Crippen molar-refractivity contribution in [1.29, 1.82) is 10.5 Å². The average molecular weight is 414 g/mol. The van der Waals surface area contributed by atoms with Crippen LogP contribution < -0.4 is 19.9 Å². The minimum Gasteiger partial charge on any atom is -0.493 e. The maximum Gasteiger partial charge on any atom is 0.316 e. The van der Waals surface area contributed by atoms with Gasteiger partial charge < -0.3 is 25.1 Å². The molecular formula is C19H18N4O5S. The second-order valence-corrected chi connectivity index (χ2v) is 6.99. The lowest BCUT2D eigenvalue weighted by molar-refractivity contribution is -0.136. The molecule has 2 rings (SSSR count). The highest BCUT2D eigenvalue weighted by Gasteiger charge is 2.25. The van der Waals surface area contributed by atoms with Crippen LogP contribution in [-0.2, 0) is 4.79 Å². The van der Waals surface area contributed by atoms with E-state index in [2.05, 4.69) is 4.98 Å². The molecule has 3 N–H and O–H groups in total. The van der Waals surface area contributed by atoms with E-state index < -0.39 is 11.2 Å². The highest BCUT2D eigenvalue weighted by molar-refractivity contribution is 8.00. The van der Waals surface area contributed by atoms with Crippen LogP contribution in [0.15, 0.2) is 17.2 Å². The zero-order valence-electron chi connectivity index (χ0n) is 16.1. The molecule has 0 saturated carbocycles. The molecule has 1 heterocycles. The second kappa shape index (κ2) is 9.04. The lowest BCUT2D eigenvalue weighted by Gasteiger charge is -2.17. The molecule has 10 heteroatoms. The van der Waals surface area contributed by atoms with Crippen molar-refractivity contribution in [3.8, 4) is 40.5 Å². The molecule has 2 aromatic rings. The van der Waals surface area contributed by atoms with Crippen molar-refractivity contribution < 1.29 is 24.1 Å². The third-order valence-electron chi connectivity index (χ3n) is 4.01. The number of carboxylic acid groups (broad SMARTS) is 1. The summed E-state index contributed by atoms with van der Waals surface area (Å²) in [6.07, 6.45) is 0. The third-order valence-corrected chi connectivity index (χ3v) is 5.08. The summed E-state index contributed by atoms with van der Waals surface area (Å²) < 4.78 is 16.0. The normalized spacial score (nSPS) is 11.1. The summed E-state index contributed by atoms with van der Waals surface area (Å²) in [6, 6.07) is 7.14. The Balaban J connectivity index is 2.88. The van der Waals surface area contributed by atoms with Gasteiger partial charge in [0, 0.05) is 5.56 Å². The molecule has 0 aliphatic heterocycles. The number of ether oxygens (including phenoxy) is 3. The lowest BCUT2D eigenvalue weighted by atomic mass is 9.96. The number of anilines is 1. The number of nitrogens with two attached hydrogens (primary N) is 1. The van der Waals surface area contributed by atoms with Crippen molar-refractivity contribution in [3.63, 3.8) is 0 Å². The molecule has 150 valence electrons. The van der Waals surface area contributed by atoms with E-state index in [9.17, 15) is 20.4 Å². The van der Waals surface area contributed by atoms with Gasteiger partial charge in [-0.1, -0.05) is 11.8 Å². The summed E-state index contributed by atoms with van der Waals surface area (Å²) in [6.45, 7) is 1.46. The summed E-state index contributed by atoms with van der Waals surface area (Å²) in [4.78, 5) is 15.3. The van der Waals surface area contributed by atoms with Crippen molar-refractivity contribution in [2.75, 3.05) is 27.1 Å². The summed E-state index contributed by atoms with van der Waals surface area (Å²) in [5, 5.41) is 27.8. The van der Waals surface area contributed by atoms with Crippen LogP contribution in [0, 0.1) is 22.7 Å². The highest BCUT2D eigenvalue weighted by atomic mass is 32.2. The first-order chi connectivity index (χ1) is 13.8. The summed E-state index contributed by atoms with van der Waals surface area (Å²) in [5.41, 5.74) is 6.59. The Morgan fingerprint density at radius 1 is 1.14 bits per heavy atom. The number of aromatic nitrogens is 1. The zero-order valence-corrected chi connectivity index (χ0v) is 17.0. The predicted octanol–water partition coefficient (Wildman–Crippen LogP) is 2.67. The smallest absolute Gasteiger partial charge is 0.316 e. The minimum absolute atomic E-state index is 0.0110. The largest absolute Gasteiger partial charge is 0.493 e. The van der Waals surface area contributed by atoms with Gasteiger partial charge in [-0.15, -0.1) is 0 Å². The molecule has 9 nitrogen and oxygen atoms in total. The van der Waals surface area contributed by atoms with Crippen molar-refractivity contribution in [2.45, 2.75) is 17.2 Å². The van der Waals surface area contributed by atoms with Gasteiger partial charge in [0.25, 0.3) is 0 Å². The third kappa shape index (κ3) is 4.13. The Hall–Kier alpha value is -3.63. The van der Waals surface area contributed by atoms with E-state index in [0.717, 1.165) is 11.8 Å². The molecule has 1 aromatic heterocycles.